The van der Waals surface area contributed by atoms with Gasteiger partial charge >= 0.3 is 0 Å². The van der Waals surface area contributed by atoms with E-state index in [0.717, 1.165) is 35.1 Å². The minimum Gasteiger partial charge on any atom is -0.312 e. The molecule has 4 nitrogen and oxygen atoms in total. The van der Waals surface area contributed by atoms with Crippen LogP contribution in [-0.4, -0.2) is 19.3 Å². The van der Waals surface area contributed by atoms with E-state index in [1.807, 2.05) is 25.6 Å². The molecule has 1 unspecified atom stereocenters. The summed E-state index contributed by atoms with van der Waals surface area (Å²) in [5.41, 5.74) is 3.11. The van der Waals surface area contributed by atoms with Gasteiger partial charge in [-0.3, -0.25) is 4.68 Å². The highest BCUT2D eigenvalue weighted by atomic mass is 35.5. The van der Waals surface area contributed by atoms with Crippen molar-refractivity contribution in [1.29, 1.82) is 0 Å². The molecule has 2 heterocycles. The Balaban J connectivity index is 1.89. The molecular weight excluding hydrogens is 284 g/mol. The van der Waals surface area contributed by atoms with Crippen LogP contribution < -0.4 is 0 Å². The second kappa shape index (κ2) is 5.99. The van der Waals surface area contributed by atoms with E-state index in [2.05, 4.69) is 9.67 Å². The highest BCUT2D eigenvalue weighted by molar-refractivity contribution is 6.20. The van der Waals surface area contributed by atoms with Crippen LogP contribution in [0.25, 0.3) is 11.2 Å². The van der Waals surface area contributed by atoms with Gasteiger partial charge in [0.05, 0.1) is 11.1 Å². The van der Waals surface area contributed by atoms with Gasteiger partial charge < -0.3 is 4.57 Å². The fraction of sp³-hybridized carbons (Fsp3) is 0.750. The molecule has 0 spiro atoms. The zero-order valence-corrected chi connectivity index (χ0v) is 14.0. The molecule has 0 bridgehead atoms. The summed E-state index contributed by atoms with van der Waals surface area (Å²) < 4.78 is 4.24. The van der Waals surface area contributed by atoms with Gasteiger partial charge in [0.1, 0.15) is 11.3 Å². The Bertz CT molecular complexity index is 620. The third-order valence-electron chi connectivity index (χ3n) is 4.76. The summed E-state index contributed by atoms with van der Waals surface area (Å²) >= 11 is 6.35. The SMILES string of the molecule is Cc1nn(C)c2c1nc(C(C)Cl)n2CCC1CCCCC1. The van der Waals surface area contributed by atoms with Crippen LogP contribution in [-0.2, 0) is 13.6 Å². The quantitative estimate of drug-likeness (QED) is 0.787. The monoisotopic (exact) mass is 308 g/mol. The van der Waals surface area contributed by atoms with Crippen LogP contribution in [0.2, 0.25) is 0 Å². The van der Waals surface area contributed by atoms with Crippen molar-refractivity contribution in [3.05, 3.63) is 11.5 Å². The summed E-state index contributed by atoms with van der Waals surface area (Å²) in [6.07, 6.45) is 8.20. The van der Waals surface area contributed by atoms with Crippen LogP contribution in [0, 0.1) is 12.8 Å². The minimum atomic E-state index is -0.0665. The summed E-state index contributed by atoms with van der Waals surface area (Å²) in [6, 6.07) is 0. The van der Waals surface area contributed by atoms with Crippen molar-refractivity contribution >= 4 is 22.8 Å². The van der Waals surface area contributed by atoms with Gasteiger partial charge in [-0.1, -0.05) is 32.1 Å². The number of aromatic nitrogens is 4. The lowest BCUT2D eigenvalue weighted by atomic mass is 9.87. The lowest BCUT2D eigenvalue weighted by molar-refractivity contribution is 0.323. The van der Waals surface area contributed by atoms with Gasteiger partial charge in [-0.15, -0.1) is 11.6 Å². The maximum Gasteiger partial charge on any atom is 0.158 e. The van der Waals surface area contributed by atoms with Crippen molar-refractivity contribution in [2.45, 2.75) is 64.3 Å². The highest BCUT2D eigenvalue weighted by Crippen LogP contribution is 2.30. The molecule has 1 aliphatic rings. The summed E-state index contributed by atoms with van der Waals surface area (Å²) in [5, 5.41) is 4.43. The van der Waals surface area contributed by atoms with Crippen molar-refractivity contribution in [3.8, 4) is 0 Å². The maximum atomic E-state index is 6.35. The largest absolute Gasteiger partial charge is 0.312 e. The third-order valence-corrected chi connectivity index (χ3v) is 4.96. The fourth-order valence-electron chi connectivity index (χ4n) is 3.66. The molecule has 1 saturated carbocycles. The van der Waals surface area contributed by atoms with Crippen LogP contribution >= 0.6 is 11.6 Å². The van der Waals surface area contributed by atoms with Gasteiger partial charge in [-0.05, 0) is 26.2 Å². The predicted octanol–water partition coefficient (Wildman–Crippen LogP) is 4.35. The molecule has 116 valence electrons. The maximum absolute atomic E-state index is 6.35. The topological polar surface area (TPSA) is 35.6 Å². The lowest BCUT2D eigenvalue weighted by Gasteiger charge is -2.22. The summed E-state index contributed by atoms with van der Waals surface area (Å²) in [7, 11) is 2.00. The third kappa shape index (κ3) is 2.83. The molecule has 1 atom stereocenters. The predicted molar refractivity (Wildman–Crippen MR) is 86.7 cm³/mol. The number of alkyl halides is 1. The lowest BCUT2D eigenvalue weighted by Crippen LogP contribution is -2.13. The van der Waals surface area contributed by atoms with Gasteiger partial charge in [0, 0.05) is 13.6 Å². The number of nitrogens with zero attached hydrogens (tertiary/aromatic N) is 4. The summed E-state index contributed by atoms with van der Waals surface area (Å²) in [4.78, 5) is 4.74. The number of hydrogen-bond acceptors (Lipinski definition) is 2. The Morgan fingerprint density at radius 1 is 1.29 bits per heavy atom. The Kier molecular flexibility index (Phi) is 4.25. The molecule has 3 rings (SSSR count). The number of imidazole rings is 1. The van der Waals surface area contributed by atoms with Gasteiger partial charge in [-0.25, -0.2) is 4.98 Å². The fourth-order valence-corrected chi connectivity index (χ4v) is 3.83. The molecule has 2 aromatic rings. The first-order valence-corrected chi connectivity index (χ1v) is 8.55. The van der Waals surface area contributed by atoms with Crippen molar-refractivity contribution in [2.75, 3.05) is 0 Å². The van der Waals surface area contributed by atoms with E-state index in [0.29, 0.717) is 0 Å². The van der Waals surface area contributed by atoms with Crippen molar-refractivity contribution in [3.63, 3.8) is 0 Å². The molecule has 0 saturated heterocycles. The molecule has 21 heavy (non-hydrogen) atoms. The molecular formula is C16H25ClN4. The highest BCUT2D eigenvalue weighted by Gasteiger charge is 2.21. The average Bonchev–Trinajstić information content (AvgIpc) is 2.97. The van der Waals surface area contributed by atoms with E-state index in [4.69, 9.17) is 16.6 Å². The van der Waals surface area contributed by atoms with Crippen molar-refractivity contribution in [1.82, 2.24) is 19.3 Å². The smallest absolute Gasteiger partial charge is 0.158 e. The van der Waals surface area contributed by atoms with Crippen LogP contribution in [0.15, 0.2) is 0 Å². The van der Waals surface area contributed by atoms with Crippen molar-refractivity contribution < 1.29 is 0 Å². The second-order valence-electron chi connectivity index (χ2n) is 6.41. The molecule has 0 amide bonds. The van der Waals surface area contributed by atoms with Crippen LogP contribution in [0.4, 0.5) is 0 Å². The summed E-state index contributed by atoms with van der Waals surface area (Å²) in [6.45, 7) is 5.03. The first-order valence-electron chi connectivity index (χ1n) is 8.11. The minimum absolute atomic E-state index is 0.0665. The first-order chi connectivity index (χ1) is 10.1. The Hall–Kier alpha value is -1.03. The standard InChI is InChI=1S/C16H25ClN4/c1-11(17)15-18-14-12(2)19-20(3)16(14)21(15)10-9-13-7-5-4-6-8-13/h11,13H,4-10H2,1-3H3. The Morgan fingerprint density at radius 2 is 2.00 bits per heavy atom. The number of aryl methyl sites for hydroxylation is 3. The molecule has 0 aromatic carbocycles. The molecule has 5 heteroatoms. The Morgan fingerprint density at radius 3 is 2.67 bits per heavy atom. The number of halogens is 1. The molecule has 1 fully saturated rings. The van der Waals surface area contributed by atoms with Crippen molar-refractivity contribution in [2.24, 2.45) is 13.0 Å². The second-order valence-corrected chi connectivity index (χ2v) is 7.07. The molecule has 2 aromatic heterocycles. The zero-order chi connectivity index (χ0) is 15.0. The zero-order valence-electron chi connectivity index (χ0n) is 13.3. The molecule has 0 N–H and O–H groups in total. The number of rotatable bonds is 4. The number of hydrogen-bond donors (Lipinski definition) is 0. The Labute approximate surface area is 131 Å². The molecule has 1 aliphatic carbocycles. The van der Waals surface area contributed by atoms with Gasteiger partial charge in [0.2, 0.25) is 0 Å². The van der Waals surface area contributed by atoms with Gasteiger partial charge in [-0.2, -0.15) is 5.10 Å². The van der Waals surface area contributed by atoms with Crippen LogP contribution in [0.5, 0.6) is 0 Å². The van der Waals surface area contributed by atoms with Crippen LogP contribution in [0.3, 0.4) is 0 Å². The average molecular weight is 309 g/mol. The van der Waals surface area contributed by atoms with E-state index in [9.17, 15) is 0 Å². The van der Waals surface area contributed by atoms with E-state index in [1.54, 1.807) is 0 Å². The molecule has 0 radical (unpaired) electrons. The van der Waals surface area contributed by atoms with E-state index in [1.165, 1.54) is 38.5 Å². The van der Waals surface area contributed by atoms with E-state index in [-0.39, 0.29) is 5.38 Å². The number of fused-ring (bicyclic) bond motifs is 1. The van der Waals surface area contributed by atoms with Crippen LogP contribution in [0.1, 0.15) is 62.3 Å². The van der Waals surface area contributed by atoms with Gasteiger partial charge in [0.25, 0.3) is 0 Å². The van der Waals surface area contributed by atoms with Gasteiger partial charge in [0.15, 0.2) is 5.65 Å². The van der Waals surface area contributed by atoms with E-state index >= 15 is 0 Å². The van der Waals surface area contributed by atoms with E-state index < -0.39 is 0 Å². The molecule has 0 aliphatic heterocycles. The first kappa shape index (κ1) is 14.9. The normalized spacial score (nSPS) is 18.5. The summed E-state index contributed by atoms with van der Waals surface area (Å²) in [5.74, 6) is 1.85.